The molecule has 2 aromatic heterocycles. The lowest BCUT2D eigenvalue weighted by Crippen LogP contribution is -2.10. The average Bonchev–Trinajstić information content (AvgIpc) is 3.96. The molecule has 302 valence electrons. The summed E-state index contributed by atoms with van der Waals surface area (Å²) in [6, 6.07) is 88.2. The first-order valence-electron chi connectivity index (χ1n) is 21.7. The van der Waals surface area contributed by atoms with Crippen LogP contribution >= 0.6 is 22.7 Å². The molecule has 0 fully saturated rings. The summed E-state index contributed by atoms with van der Waals surface area (Å²) in [6.45, 7) is 0. The summed E-state index contributed by atoms with van der Waals surface area (Å²) in [5.41, 5.74) is 14.0. The Morgan fingerprint density at radius 2 is 0.594 bits per heavy atom. The van der Waals surface area contributed by atoms with Crippen molar-refractivity contribution in [2.24, 2.45) is 0 Å². The van der Waals surface area contributed by atoms with Gasteiger partial charge in [0.25, 0.3) is 0 Å². The van der Waals surface area contributed by atoms with E-state index in [4.69, 9.17) is 0 Å². The summed E-state index contributed by atoms with van der Waals surface area (Å²) in [5.74, 6) is 0. The van der Waals surface area contributed by atoms with Crippen molar-refractivity contribution < 1.29 is 0 Å². The number of anilines is 6. The monoisotopic (exact) mass is 852 g/mol. The summed E-state index contributed by atoms with van der Waals surface area (Å²) in [6.07, 6.45) is 0. The minimum Gasteiger partial charge on any atom is -0.310 e. The van der Waals surface area contributed by atoms with E-state index in [1.165, 1.54) is 73.7 Å². The molecular weight excluding hydrogens is 813 g/mol. The zero-order valence-electron chi connectivity index (χ0n) is 34.8. The molecule has 64 heavy (non-hydrogen) atoms. The van der Waals surface area contributed by atoms with Crippen LogP contribution in [0.1, 0.15) is 0 Å². The maximum Gasteiger partial charge on any atom is 0.0555 e. The van der Waals surface area contributed by atoms with E-state index in [9.17, 15) is 0 Å². The molecule has 10 aromatic carbocycles. The van der Waals surface area contributed by atoms with Crippen LogP contribution in [0.15, 0.2) is 243 Å². The van der Waals surface area contributed by atoms with Crippen LogP contribution in [0.4, 0.5) is 34.1 Å². The topological polar surface area (TPSA) is 6.48 Å². The second-order valence-electron chi connectivity index (χ2n) is 16.0. The molecule has 0 aliphatic heterocycles. The summed E-state index contributed by atoms with van der Waals surface area (Å²) in [7, 11) is 0. The van der Waals surface area contributed by atoms with Crippen molar-refractivity contribution in [3.05, 3.63) is 243 Å². The molecular formula is C60H40N2S2. The van der Waals surface area contributed by atoms with Gasteiger partial charge in [-0.25, -0.2) is 0 Å². The third-order valence-corrected chi connectivity index (χ3v) is 14.6. The Morgan fingerprint density at radius 3 is 0.984 bits per heavy atom. The van der Waals surface area contributed by atoms with Crippen LogP contribution in [0.25, 0.3) is 73.7 Å². The number of hydrogen-bond donors (Lipinski definition) is 0. The van der Waals surface area contributed by atoms with E-state index in [0.29, 0.717) is 0 Å². The van der Waals surface area contributed by atoms with E-state index in [1.54, 1.807) is 0 Å². The Morgan fingerprint density at radius 1 is 0.266 bits per heavy atom. The van der Waals surface area contributed by atoms with Crippen LogP contribution < -0.4 is 9.80 Å². The van der Waals surface area contributed by atoms with Crippen molar-refractivity contribution in [2.75, 3.05) is 9.80 Å². The van der Waals surface area contributed by atoms with Gasteiger partial charge >= 0.3 is 0 Å². The molecule has 12 rings (SSSR count). The van der Waals surface area contributed by atoms with Gasteiger partial charge in [0.05, 0.1) is 11.4 Å². The Balaban J connectivity index is 1.11. The van der Waals surface area contributed by atoms with Crippen LogP contribution in [0, 0.1) is 0 Å². The highest BCUT2D eigenvalue weighted by atomic mass is 32.1. The first-order valence-corrected chi connectivity index (χ1v) is 23.3. The second-order valence-corrected chi connectivity index (χ2v) is 18.2. The molecule has 0 atom stereocenters. The number of para-hydroxylation sites is 4. The molecule has 0 saturated carbocycles. The van der Waals surface area contributed by atoms with E-state index in [2.05, 4.69) is 252 Å². The lowest BCUT2D eigenvalue weighted by Gasteiger charge is -2.27. The highest BCUT2D eigenvalue weighted by molar-refractivity contribution is 7.27. The number of nitrogens with zero attached hydrogens (tertiary/aromatic N) is 2. The van der Waals surface area contributed by atoms with Gasteiger partial charge in [-0.05, 0) is 124 Å². The van der Waals surface area contributed by atoms with Gasteiger partial charge in [0, 0.05) is 63.1 Å². The highest BCUT2D eigenvalue weighted by Gasteiger charge is 2.24. The minimum absolute atomic E-state index is 1.13. The van der Waals surface area contributed by atoms with Crippen molar-refractivity contribution in [1.29, 1.82) is 0 Å². The quantitative estimate of drug-likeness (QED) is 0.143. The minimum atomic E-state index is 1.13. The van der Waals surface area contributed by atoms with Crippen molar-refractivity contribution in [3.8, 4) is 33.4 Å². The lowest BCUT2D eigenvalue weighted by molar-refractivity contribution is 1.30. The van der Waals surface area contributed by atoms with Crippen molar-refractivity contribution >= 4 is 97.1 Å². The molecule has 0 N–H and O–H groups in total. The molecule has 2 nitrogen and oxygen atoms in total. The fraction of sp³-hybridized carbons (Fsp3) is 0. The number of fused-ring (bicyclic) bond motifs is 6. The molecule has 2 heterocycles. The average molecular weight is 853 g/mol. The largest absolute Gasteiger partial charge is 0.310 e. The van der Waals surface area contributed by atoms with Crippen LogP contribution in [-0.4, -0.2) is 0 Å². The number of hydrogen-bond acceptors (Lipinski definition) is 4. The summed E-state index contributed by atoms with van der Waals surface area (Å²) < 4.78 is 5.09. The van der Waals surface area contributed by atoms with Gasteiger partial charge in [-0.15, -0.1) is 22.7 Å². The molecule has 0 amide bonds. The van der Waals surface area contributed by atoms with Crippen molar-refractivity contribution in [2.45, 2.75) is 0 Å². The lowest BCUT2D eigenvalue weighted by atomic mass is 9.91. The standard InChI is InChI=1S/C60H40N2S2/c1-6-20-41(21-7-1)42-38-43(49-34-36-53(57-51-30-16-18-32-55(51)63-59(49)57)61(45-22-8-2-9-23-45)46-24-10-3-11-25-46)40-44(39-42)50-35-37-54(58-52-31-17-19-33-56(52)64-60(50)58)62(47-26-12-4-13-27-47)48-28-14-5-15-29-48/h1-40H. The third-order valence-electron chi connectivity index (χ3n) is 12.2. The van der Waals surface area contributed by atoms with Crippen LogP contribution in [0.5, 0.6) is 0 Å². The van der Waals surface area contributed by atoms with Gasteiger partial charge in [0.2, 0.25) is 0 Å². The smallest absolute Gasteiger partial charge is 0.0555 e. The van der Waals surface area contributed by atoms with Gasteiger partial charge < -0.3 is 9.80 Å². The molecule has 12 aromatic rings. The zero-order chi connectivity index (χ0) is 42.4. The Kier molecular flexibility index (Phi) is 9.59. The predicted molar refractivity (Wildman–Crippen MR) is 278 cm³/mol. The van der Waals surface area contributed by atoms with Gasteiger partial charge in [0.1, 0.15) is 0 Å². The number of benzene rings is 10. The molecule has 0 bridgehead atoms. The first-order chi connectivity index (χ1) is 31.8. The summed E-state index contributed by atoms with van der Waals surface area (Å²) in [4.78, 5) is 4.82. The number of rotatable bonds is 9. The molecule has 0 spiro atoms. The normalized spacial score (nSPS) is 11.4. The van der Waals surface area contributed by atoms with Crippen LogP contribution in [0.3, 0.4) is 0 Å². The zero-order valence-corrected chi connectivity index (χ0v) is 36.4. The van der Waals surface area contributed by atoms with Gasteiger partial charge in [-0.1, -0.05) is 152 Å². The molecule has 4 heteroatoms. The maximum absolute atomic E-state index is 2.43. The Bertz CT molecular complexity index is 3300. The fourth-order valence-corrected chi connectivity index (χ4v) is 11.9. The highest BCUT2D eigenvalue weighted by Crippen LogP contribution is 2.51. The van der Waals surface area contributed by atoms with Gasteiger partial charge in [0.15, 0.2) is 0 Å². The SMILES string of the molecule is c1ccc(-c2cc(-c3ccc(N(c4ccccc4)c4ccccc4)c4c3sc3ccccc34)cc(-c3ccc(N(c4ccccc4)c4ccccc4)c4c3sc3ccccc34)c2)cc1. The van der Waals surface area contributed by atoms with Gasteiger partial charge in [-0.2, -0.15) is 0 Å². The molecule has 0 saturated heterocycles. The molecule has 0 aliphatic rings. The molecule has 0 radical (unpaired) electrons. The molecule has 0 unspecified atom stereocenters. The summed E-state index contributed by atoms with van der Waals surface area (Å²) in [5, 5.41) is 5.05. The van der Waals surface area contributed by atoms with E-state index in [1.807, 2.05) is 22.7 Å². The Labute approximate surface area is 380 Å². The fourth-order valence-electron chi connectivity index (χ4n) is 9.35. The second kappa shape index (κ2) is 16.2. The summed E-state index contributed by atoms with van der Waals surface area (Å²) >= 11 is 3.77. The Hall–Kier alpha value is -7.76. The van der Waals surface area contributed by atoms with E-state index < -0.39 is 0 Å². The number of thiophene rings is 2. The van der Waals surface area contributed by atoms with Gasteiger partial charge in [-0.3, -0.25) is 0 Å². The maximum atomic E-state index is 2.43. The van der Waals surface area contributed by atoms with Crippen molar-refractivity contribution in [1.82, 2.24) is 0 Å². The van der Waals surface area contributed by atoms with E-state index in [0.717, 1.165) is 34.1 Å². The van der Waals surface area contributed by atoms with Crippen molar-refractivity contribution in [3.63, 3.8) is 0 Å². The third kappa shape index (κ3) is 6.63. The predicted octanol–water partition coefficient (Wildman–Crippen LogP) is 18.4. The first kappa shape index (κ1) is 38.0. The van der Waals surface area contributed by atoms with Crippen LogP contribution in [0.2, 0.25) is 0 Å². The van der Waals surface area contributed by atoms with E-state index >= 15 is 0 Å². The molecule has 0 aliphatic carbocycles. The van der Waals surface area contributed by atoms with E-state index in [-0.39, 0.29) is 0 Å². The van der Waals surface area contributed by atoms with Crippen LogP contribution in [-0.2, 0) is 0 Å².